The van der Waals surface area contributed by atoms with E-state index >= 15 is 0 Å². The Kier molecular flexibility index (Phi) is 7.59. The van der Waals surface area contributed by atoms with E-state index in [0.717, 1.165) is 57.0 Å². The first kappa shape index (κ1) is 25.6. The van der Waals surface area contributed by atoms with E-state index in [1.807, 2.05) is 63.2 Å². The fraction of sp³-hybridized carbons (Fsp3) is 0.310. The van der Waals surface area contributed by atoms with Gasteiger partial charge in [-0.25, -0.2) is 0 Å². The van der Waals surface area contributed by atoms with Crippen molar-refractivity contribution >= 4 is 29.0 Å². The average molecular weight is 505 g/mol. The molecule has 0 saturated carbocycles. The molecule has 3 aromatic rings. The number of rotatable bonds is 8. The molecule has 0 atom stereocenters. The predicted octanol–water partition coefficient (Wildman–Crippen LogP) is 6.65. The second kappa shape index (κ2) is 10.7. The maximum absolute atomic E-state index is 13.1. The van der Waals surface area contributed by atoms with Gasteiger partial charge in [-0.05, 0) is 97.6 Å². The summed E-state index contributed by atoms with van der Waals surface area (Å²) < 4.78 is 13.4. The van der Waals surface area contributed by atoms with Crippen LogP contribution < -0.4 is 9.47 Å². The van der Waals surface area contributed by atoms with Gasteiger partial charge < -0.3 is 14.0 Å². The molecule has 36 heavy (non-hydrogen) atoms. The summed E-state index contributed by atoms with van der Waals surface area (Å²) in [7, 11) is 1.64. The van der Waals surface area contributed by atoms with Crippen LogP contribution in [0.25, 0.3) is 11.8 Å². The predicted molar refractivity (Wildman–Crippen MR) is 145 cm³/mol. The third-order valence-corrected chi connectivity index (χ3v) is 7.23. The Bertz CT molecular complexity index is 1320. The minimum atomic E-state index is -0.281. The number of amides is 2. The van der Waals surface area contributed by atoms with Crippen molar-refractivity contribution in [1.29, 1.82) is 0 Å². The number of aryl methyl sites for hydroxylation is 2. The molecule has 6 nitrogen and oxygen atoms in total. The highest BCUT2D eigenvalue weighted by Crippen LogP contribution is 2.34. The molecule has 0 N–H and O–H groups in total. The number of carbonyl (C=O) groups is 2. The summed E-state index contributed by atoms with van der Waals surface area (Å²) in [6.45, 7) is 10.7. The maximum atomic E-state index is 13.1. The van der Waals surface area contributed by atoms with Gasteiger partial charge in [-0.2, -0.15) is 0 Å². The highest BCUT2D eigenvalue weighted by Gasteiger charge is 2.35. The number of carbonyl (C=O) groups excluding carboxylic acids is 2. The van der Waals surface area contributed by atoms with Gasteiger partial charge in [-0.15, -0.1) is 0 Å². The molecule has 0 bridgehead atoms. The van der Waals surface area contributed by atoms with Crippen molar-refractivity contribution in [2.45, 2.75) is 40.5 Å². The molecule has 2 heterocycles. The molecule has 2 amide bonds. The molecule has 1 aliphatic heterocycles. The number of ether oxygens (including phenoxy) is 2. The van der Waals surface area contributed by atoms with Crippen molar-refractivity contribution in [3.8, 4) is 17.2 Å². The van der Waals surface area contributed by atoms with E-state index in [0.29, 0.717) is 10.8 Å². The topological polar surface area (TPSA) is 60.8 Å². The van der Waals surface area contributed by atoms with E-state index in [1.54, 1.807) is 7.11 Å². The standard InChI is InChI=1S/C29H32N2O4S/c1-18(2)25-12-7-19(3)15-26(25)35-14-13-30-28(32)27(36-29(30)33)17-22-16-20(4)31(21(22)5)23-8-10-24(34-6)11-9-23/h7-12,15-18H,13-14H2,1-6H3/b27-17-. The molecule has 188 valence electrons. The van der Waals surface area contributed by atoms with Gasteiger partial charge >= 0.3 is 0 Å². The zero-order valence-corrected chi connectivity index (χ0v) is 22.4. The van der Waals surface area contributed by atoms with E-state index < -0.39 is 0 Å². The zero-order valence-electron chi connectivity index (χ0n) is 21.6. The lowest BCUT2D eigenvalue weighted by molar-refractivity contribution is -0.123. The molecule has 0 aliphatic carbocycles. The highest BCUT2D eigenvalue weighted by molar-refractivity contribution is 8.18. The quantitative estimate of drug-likeness (QED) is 0.322. The van der Waals surface area contributed by atoms with Crippen LogP contribution >= 0.6 is 11.8 Å². The summed E-state index contributed by atoms with van der Waals surface area (Å²) in [6, 6.07) is 16.0. The molecular weight excluding hydrogens is 472 g/mol. The molecule has 1 saturated heterocycles. The summed E-state index contributed by atoms with van der Waals surface area (Å²) in [4.78, 5) is 27.4. The van der Waals surface area contributed by atoms with Crippen molar-refractivity contribution < 1.29 is 19.1 Å². The molecule has 7 heteroatoms. The van der Waals surface area contributed by atoms with Gasteiger partial charge in [0, 0.05) is 17.1 Å². The van der Waals surface area contributed by atoms with Crippen LogP contribution in [0.4, 0.5) is 4.79 Å². The molecule has 0 radical (unpaired) electrons. The summed E-state index contributed by atoms with van der Waals surface area (Å²) in [5.41, 5.74) is 6.17. The van der Waals surface area contributed by atoms with Crippen LogP contribution in [0.1, 0.15) is 47.8 Å². The maximum Gasteiger partial charge on any atom is 0.293 e. The molecule has 0 spiro atoms. The Balaban J connectivity index is 1.48. The van der Waals surface area contributed by atoms with Crippen LogP contribution in [0.3, 0.4) is 0 Å². The number of nitrogens with zero attached hydrogens (tertiary/aromatic N) is 2. The fourth-order valence-corrected chi connectivity index (χ4v) is 5.24. The Morgan fingerprint density at radius 3 is 2.39 bits per heavy atom. The Morgan fingerprint density at radius 2 is 1.72 bits per heavy atom. The average Bonchev–Trinajstić information content (AvgIpc) is 3.27. The molecule has 1 aromatic heterocycles. The van der Waals surface area contributed by atoms with Crippen LogP contribution in [0.2, 0.25) is 0 Å². The summed E-state index contributed by atoms with van der Waals surface area (Å²) in [5, 5.41) is -0.271. The number of thioether (sulfide) groups is 1. The Hall–Kier alpha value is -3.45. The number of aromatic nitrogens is 1. The van der Waals surface area contributed by atoms with Crippen LogP contribution in [-0.2, 0) is 4.79 Å². The number of benzene rings is 2. The van der Waals surface area contributed by atoms with Crippen molar-refractivity contribution in [1.82, 2.24) is 9.47 Å². The molecular formula is C29H32N2O4S. The first-order chi connectivity index (χ1) is 17.2. The highest BCUT2D eigenvalue weighted by atomic mass is 32.2. The van der Waals surface area contributed by atoms with E-state index in [1.165, 1.54) is 4.90 Å². The van der Waals surface area contributed by atoms with Gasteiger partial charge in [0.05, 0.1) is 18.6 Å². The lowest BCUT2D eigenvalue weighted by Crippen LogP contribution is -2.32. The number of hydrogen-bond acceptors (Lipinski definition) is 5. The van der Waals surface area contributed by atoms with Crippen LogP contribution in [0.5, 0.6) is 11.5 Å². The van der Waals surface area contributed by atoms with Crippen LogP contribution in [0, 0.1) is 20.8 Å². The van der Waals surface area contributed by atoms with Crippen molar-refractivity contribution in [3.05, 3.63) is 81.5 Å². The van der Waals surface area contributed by atoms with Crippen molar-refractivity contribution in [2.75, 3.05) is 20.3 Å². The fourth-order valence-electron chi connectivity index (χ4n) is 4.39. The number of hydrogen-bond donors (Lipinski definition) is 0. The molecule has 0 unspecified atom stereocenters. The Labute approximate surface area is 216 Å². The second-order valence-corrected chi connectivity index (χ2v) is 10.2. The van der Waals surface area contributed by atoms with Gasteiger partial charge in [0.15, 0.2) is 0 Å². The first-order valence-corrected chi connectivity index (χ1v) is 12.8. The number of methoxy groups -OCH3 is 1. The van der Waals surface area contributed by atoms with Crippen molar-refractivity contribution in [3.63, 3.8) is 0 Å². The van der Waals surface area contributed by atoms with E-state index in [9.17, 15) is 9.59 Å². The minimum Gasteiger partial charge on any atom is -0.497 e. The first-order valence-electron chi connectivity index (χ1n) is 12.0. The van der Waals surface area contributed by atoms with Gasteiger partial charge in [0.1, 0.15) is 18.1 Å². The van der Waals surface area contributed by atoms with Gasteiger partial charge in [0.25, 0.3) is 11.1 Å². The minimum absolute atomic E-state index is 0.207. The molecule has 2 aromatic carbocycles. The van der Waals surface area contributed by atoms with Gasteiger partial charge in [-0.1, -0.05) is 26.0 Å². The van der Waals surface area contributed by atoms with E-state index in [4.69, 9.17) is 9.47 Å². The normalized spacial score (nSPS) is 14.9. The largest absolute Gasteiger partial charge is 0.497 e. The molecule has 4 rings (SSSR count). The van der Waals surface area contributed by atoms with Gasteiger partial charge in [0.2, 0.25) is 0 Å². The molecule has 1 aliphatic rings. The lowest BCUT2D eigenvalue weighted by Gasteiger charge is -2.17. The Morgan fingerprint density at radius 1 is 1.00 bits per heavy atom. The summed E-state index contributed by atoms with van der Waals surface area (Å²) in [6.07, 6.45) is 1.81. The molecule has 1 fully saturated rings. The van der Waals surface area contributed by atoms with Crippen molar-refractivity contribution in [2.24, 2.45) is 0 Å². The van der Waals surface area contributed by atoms with E-state index in [-0.39, 0.29) is 24.3 Å². The SMILES string of the molecule is COc1ccc(-n2c(C)cc(/C=C3\SC(=O)N(CCOc4cc(C)ccc4C(C)C)C3=O)c2C)cc1. The van der Waals surface area contributed by atoms with E-state index in [2.05, 4.69) is 30.5 Å². The van der Waals surface area contributed by atoms with Crippen LogP contribution in [0.15, 0.2) is 53.4 Å². The van der Waals surface area contributed by atoms with Crippen LogP contribution in [-0.4, -0.2) is 40.9 Å². The monoisotopic (exact) mass is 504 g/mol. The third-order valence-electron chi connectivity index (χ3n) is 6.32. The summed E-state index contributed by atoms with van der Waals surface area (Å²) >= 11 is 0.975. The zero-order chi connectivity index (χ0) is 26.0. The smallest absolute Gasteiger partial charge is 0.293 e. The second-order valence-electron chi connectivity index (χ2n) is 9.24. The van der Waals surface area contributed by atoms with Gasteiger partial charge in [-0.3, -0.25) is 14.5 Å². The lowest BCUT2D eigenvalue weighted by atomic mass is 10.0. The third kappa shape index (κ3) is 5.21. The number of imide groups is 1. The summed E-state index contributed by atoms with van der Waals surface area (Å²) in [5.74, 6) is 1.63.